The molecule has 0 fully saturated rings. The van der Waals surface area contributed by atoms with Gasteiger partial charge < -0.3 is 10.6 Å². The Morgan fingerprint density at radius 2 is 1.39 bits per heavy atom. The molecule has 2 amide bonds. The van der Waals surface area contributed by atoms with Crippen molar-refractivity contribution in [3.8, 4) is 0 Å². The van der Waals surface area contributed by atoms with Crippen molar-refractivity contribution < 1.29 is 14.0 Å². The number of benzene rings is 5. The Kier molecular flexibility index (Phi) is 7.73. The molecule has 188 valence electrons. The summed E-state index contributed by atoms with van der Waals surface area (Å²) in [6, 6.07) is 34.3. The number of carbonyl (C=O) groups is 2. The molecule has 0 radical (unpaired) electrons. The number of hydrogen-bond donors (Lipinski definition) is 2. The number of hydrogen-bond acceptors (Lipinski definition) is 3. The van der Waals surface area contributed by atoms with Gasteiger partial charge >= 0.3 is 0 Å². The maximum absolute atomic E-state index is 13.5. The highest BCUT2D eigenvalue weighted by Crippen LogP contribution is 2.37. The van der Waals surface area contributed by atoms with E-state index in [1.165, 1.54) is 30.0 Å². The molecule has 0 bridgehead atoms. The first-order chi connectivity index (χ1) is 18.5. The first kappa shape index (κ1) is 25.5. The molecule has 7 heteroatoms. The average molecular weight is 541 g/mol. The Morgan fingerprint density at radius 1 is 0.711 bits per heavy atom. The quantitative estimate of drug-likeness (QED) is 0.204. The lowest BCUT2D eigenvalue weighted by molar-refractivity contribution is -0.115. The van der Waals surface area contributed by atoms with Crippen molar-refractivity contribution in [3.63, 3.8) is 0 Å². The van der Waals surface area contributed by atoms with Crippen molar-refractivity contribution in [1.82, 2.24) is 0 Å². The van der Waals surface area contributed by atoms with Crippen molar-refractivity contribution in [2.45, 2.75) is 10.1 Å². The van der Waals surface area contributed by atoms with Crippen LogP contribution in [0, 0.1) is 5.82 Å². The van der Waals surface area contributed by atoms with E-state index < -0.39 is 11.1 Å². The van der Waals surface area contributed by atoms with Gasteiger partial charge in [0.05, 0.1) is 5.02 Å². The van der Waals surface area contributed by atoms with E-state index in [1.807, 2.05) is 78.9 Å². The number of thioether (sulfide) groups is 1. The predicted molar refractivity (Wildman–Crippen MR) is 153 cm³/mol. The SMILES string of the molecule is O=C(Nc1ccc(SC(C(=O)Nc2ccc(F)c(Cl)c2)c2ccccc2)cc1)c1ccc2ccccc2c1. The smallest absolute Gasteiger partial charge is 0.255 e. The molecule has 0 aliphatic rings. The van der Waals surface area contributed by atoms with Crippen LogP contribution in [0.2, 0.25) is 5.02 Å². The predicted octanol–water partition coefficient (Wildman–Crippen LogP) is 8.36. The summed E-state index contributed by atoms with van der Waals surface area (Å²) in [5.41, 5.74) is 2.45. The molecule has 0 aromatic heterocycles. The second kappa shape index (κ2) is 11.5. The molecule has 5 aromatic carbocycles. The summed E-state index contributed by atoms with van der Waals surface area (Å²) in [4.78, 5) is 26.9. The fourth-order valence-electron chi connectivity index (χ4n) is 3.97. The third kappa shape index (κ3) is 6.05. The number of anilines is 2. The van der Waals surface area contributed by atoms with E-state index in [4.69, 9.17) is 11.6 Å². The van der Waals surface area contributed by atoms with Gasteiger partial charge in [-0.3, -0.25) is 9.59 Å². The fraction of sp³-hybridized carbons (Fsp3) is 0.0323. The van der Waals surface area contributed by atoms with E-state index in [1.54, 1.807) is 18.2 Å². The standard InChI is InChI=1S/C31H22ClFN2O2S/c32-27-19-25(14-17-28(27)33)35-31(37)29(21-7-2-1-3-8-21)38-26-15-12-24(13-16-26)34-30(36)23-11-10-20-6-4-5-9-22(20)18-23/h1-19,29H,(H,34,36)(H,35,37). The lowest BCUT2D eigenvalue weighted by Crippen LogP contribution is -2.19. The van der Waals surface area contributed by atoms with Crippen molar-refractivity contribution in [2.75, 3.05) is 10.6 Å². The highest BCUT2D eigenvalue weighted by Gasteiger charge is 2.22. The lowest BCUT2D eigenvalue weighted by Gasteiger charge is -2.17. The first-order valence-corrected chi connectivity index (χ1v) is 13.1. The molecule has 2 N–H and O–H groups in total. The topological polar surface area (TPSA) is 58.2 Å². The van der Waals surface area contributed by atoms with Crippen LogP contribution in [-0.2, 0) is 4.79 Å². The highest BCUT2D eigenvalue weighted by molar-refractivity contribution is 8.00. The van der Waals surface area contributed by atoms with Crippen LogP contribution >= 0.6 is 23.4 Å². The maximum atomic E-state index is 13.5. The Balaban J connectivity index is 1.30. The van der Waals surface area contributed by atoms with Gasteiger partial charge in [0, 0.05) is 21.8 Å². The van der Waals surface area contributed by atoms with Crippen LogP contribution in [0.4, 0.5) is 15.8 Å². The Bertz CT molecular complexity index is 1610. The van der Waals surface area contributed by atoms with Gasteiger partial charge in [0.25, 0.3) is 5.91 Å². The lowest BCUT2D eigenvalue weighted by atomic mass is 10.1. The second-order valence-electron chi connectivity index (χ2n) is 8.57. The van der Waals surface area contributed by atoms with Gasteiger partial charge in [-0.15, -0.1) is 11.8 Å². The number of fused-ring (bicyclic) bond motifs is 1. The molecule has 4 nitrogen and oxygen atoms in total. The highest BCUT2D eigenvalue weighted by atomic mass is 35.5. The van der Waals surface area contributed by atoms with E-state index in [9.17, 15) is 14.0 Å². The van der Waals surface area contributed by atoms with E-state index in [2.05, 4.69) is 10.6 Å². The van der Waals surface area contributed by atoms with Gasteiger partial charge in [-0.2, -0.15) is 0 Å². The average Bonchev–Trinajstić information content (AvgIpc) is 2.94. The summed E-state index contributed by atoms with van der Waals surface area (Å²) >= 11 is 7.25. The second-order valence-corrected chi connectivity index (χ2v) is 10.2. The summed E-state index contributed by atoms with van der Waals surface area (Å²) in [5, 5.41) is 7.20. The molecular weight excluding hydrogens is 519 g/mol. The molecule has 0 spiro atoms. The maximum Gasteiger partial charge on any atom is 0.255 e. The van der Waals surface area contributed by atoms with Crippen LogP contribution in [0.5, 0.6) is 0 Å². The summed E-state index contributed by atoms with van der Waals surface area (Å²) in [6.45, 7) is 0. The Morgan fingerprint density at radius 3 is 2.13 bits per heavy atom. The van der Waals surface area contributed by atoms with Crippen LogP contribution in [0.1, 0.15) is 21.2 Å². The first-order valence-electron chi connectivity index (χ1n) is 11.8. The molecule has 38 heavy (non-hydrogen) atoms. The third-order valence-electron chi connectivity index (χ3n) is 5.91. The minimum absolute atomic E-state index is 0.0620. The van der Waals surface area contributed by atoms with Crippen LogP contribution in [0.25, 0.3) is 10.8 Å². The fourth-order valence-corrected chi connectivity index (χ4v) is 5.17. The number of halogens is 2. The van der Waals surface area contributed by atoms with Crippen LogP contribution < -0.4 is 10.6 Å². The number of rotatable bonds is 7. The third-order valence-corrected chi connectivity index (χ3v) is 7.46. The number of amides is 2. The van der Waals surface area contributed by atoms with E-state index in [-0.39, 0.29) is 16.8 Å². The van der Waals surface area contributed by atoms with Gasteiger partial charge in [-0.1, -0.05) is 72.3 Å². The largest absolute Gasteiger partial charge is 0.325 e. The van der Waals surface area contributed by atoms with Crippen LogP contribution in [0.15, 0.2) is 120 Å². The van der Waals surface area contributed by atoms with E-state index in [0.29, 0.717) is 16.9 Å². The zero-order valence-electron chi connectivity index (χ0n) is 20.0. The number of carbonyl (C=O) groups excluding carboxylic acids is 2. The zero-order chi connectivity index (χ0) is 26.5. The van der Waals surface area contributed by atoms with Crippen molar-refractivity contribution >= 4 is 57.3 Å². The van der Waals surface area contributed by atoms with Gasteiger partial charge in [0.2, 0.25) is 5.91 Å². The van der Waals surface area contributed by atoms with Crippen molar-refractivity contribution in [3.05, 3.63) is 137 Å². The minimum Gasteiger partial charge on any atom is -0.325 e. The zero-order valence-corrected chi connectivity index (χ0v) is 21.6. The molecule has 0 aliphatic carbocycles. The molecule has 5 rings (SSSR count). The van der Waals surface area contributed by atoms with Gasteiger partial charge in [0.15, 0.2) is 0 Å². The number of nitrogens with one attached hydrogen (secondary N) is 2. The molecule has 0 saturated carbocycles. The van der Waals surface area contributed by atoms with Gasteiger partial charge in [-0.25, -0.2) is 4.39 Å². The summed E-state index contributed by atoms with van der Waals surface area (Å²) in [7, 11) is 0. The normalized spacial score (nSPS) is 11.6. The molecule has 0 heterocycles. The van der Waals surface area contributed by atoms with Crippen molar-refractivity contribution in [1.29, 1.82) is 0 Å². The Hall–Kier alpha value is -4.13. The molecule has 5 aromatic rings. The van der Waals surface area contributed by atoms with Crippen molar-refractivity contribution in [2.24, 2.45) is 0 Å². The van der Waals surface area contributed by atoms with Gasteiger partial charge in [-0.05, 0) is 70.9 Å². The van der Waals surface area contributed by atoms with Crippen LogP contribution in [-0.4, -0.2) is 11.8 Å². The molecule has 1 unspecified atom stereocenters. The van der Waals surface area contributed by atoms with E-state index >= 15 is 0 Å². The Labute approximate surface area is 228 Å². The summed E-state index contributed by atoms with van der Waals surface area (Å²) < 4.78 is 13.5. The van der Waals surface area contributed by atoms with Crippen LogP contribution in [0.3, 0.4) is 0 Å². The molecular formula is C31H22ClFN2O2S. The summed E-state index contributed by atoms with van der Waals surface area (Å²) in [6.07, 6.45) is 0. The molecule has 0 saturated heterocycles. The van der Waals surface area contributed by atoms with E-state index in [0.717, 1.165) is 21.2 Å². The summed E-state index contributed by atoms with van der Waals surface area (Å²) in [5.74, 6) is -1.01. The minimum atomic E-state index is -0.571. The van der Waals surface area contributed by atoms with Gasteiger partial charge in [0.1, 0.15) is 11.1 Å². The molecule has 0 aliphatic heterocycles. The monoisotopic (exact) mass is 540 g/mol. The molecule has 1 atom stereocenters.